The number of pyridine rings is 1. The van der Waals surface area contributed by atoms with Crippen molar-refractivity contribution in [1.82, 2.24) is 30.6 Å². The molecule has 0 aromatic carbocycles. The molecule has 3 rings (SSSR count). The van der Waals surface area contributed by atoms with Gasteiger partial charge < -0.3 is 15.6 Å². The lowest BCUT2D eigenvalue weighted by Crippen LogP contribution is -2.27. The highest BCUT2D eigenvalue weighted by Crippen LogP contribution is 2.21. The number of rotatable bonds is 4. The molecule has 0 aliphatic heterocycles. The number of hydrogen-bond donors (Lipinski definition) is 3. The zero-order chi connectivity index (χ0) is 16.4. The molecule has 1 amide bonds. The van der Waals surface area contributed by atoms with E-state index in [1.54, 1.807) is 25.3 Å². The summed E-state index contributed by atoms with van der Waals surface area (Å²) in [6.07, 6.45) is 1.63. The largest absolute Gasteiger partial charge is 0.381 e. The van der Waals surface area contributed by atoms with Gasteiger partial charge in [0.05, 0.1) is 0 Å². The number of amides is 1. The fraction of sp³-hybridized carbons (Fsp3) is 0.154. The molecule has 3 aromatic rings. The number of nitrogen functional groups attached to an aromatic ring is 1. The minimum absolute atomic E-state index is 0.0553. The van der Waals surface area contributed by atoms with E-state index in [-0.39, 0.29) is 22.4 Å². The number of hydrogen-bond acceptors (Lipinski definition) is 7. The van der Waals surface area contributed by atoms with Crippen molar-refractivity contribution in [2.24, 2.45) is 0 Å². The molecule has 0 unspecified atom stereocenters. The Morgan fingerprint density at radius 1 is 1.48 bits per heavy atom. The Hall–Kier alpha value is -2.94. The van der Waals surface area contributed by atoms with Gasteiger partial charge in [-0.05, 0) is 19.1 Å². The molecule has 23 heavy (non-hydrogen) atoms. The first-order valence-electron chi connectivity index (χ1n) is 6.61. The number of carbonyl (C=O) groups excluding carboxylic acids is 1. The molecular weight excluding hydrogens is 322 g/mol. The van der Waals surface area contributed by atoms with Crippen LogP contribution in [0.5, 0.6) is 0 Å². The lowest BCUT2D eigenvalue weighted by Gasteiger charge is -2.08. The van der Waals surface area contributed by atoms with Gasteiger partial charge in [0.2, 0.25) is 11.7 Å². The second-order valence-electron chi connectivity index (χ2n) is 4.66. The van der Waals surface area contributed by atoms with Gasteiger partial charge in [0, 0.05) is 6.20 Å². The summed E-state index contributed by atoms with van der Waals surface area (Å²) in [6.45, 7) is 1.70. The molecule has 0 aliphatic carbocycles. The summed E-state index contributed by atoms with van der Waals surface area (Å²) >= 11 is 5.88. The van der Waals surface area contributed by atoms with Gasteiger partial charge in [-0.15, -0.1) is 0 Å². The van der Waals surface area contributed by atoms with Gasteiger partial charge in [0.15, 0.2) is 5.82 Å². The maximum Gasteiger partial charge on any atom is 0.271 e. The topological polar surface area (TPSA) is 136 Å². The molecular formula is C13H12ClN7O2. The fourth-order valence-corrected chi connectivity index (χ4v) is 2.00. The van der Waals surface area contributed by atoms with Crippen molar-refractivity contribution in [2.45, 2.75) is 13.0 Å². The molecule has 0 bridgehead atoms. The van der Waals surface area contributed by atoms with E-state index in [4.69, 9.17) is 21.9 Å². The van der Waals surface area contributed by atoms with Crippen LogP contribution in [0.1, 0.15) is 29.3 Å². The van der Waals surface area contributed by atoms with Crippen molar-refractivity contribution < 1.29 is 9.32 Å². The van der Waals surface area contributed by atoms with Crippen molar-refractivity contribution in [3.8, 4) is 11.5 Å². The summed E-state index contributed by atoms with van der Waals surface area (Å²) in [5.74, 6) is 0.150. The van der Waals surface area contributed by atoms with E-state index >= 15 is 0 Å². The number of carbonyl (C=O) groups is 1. The van der Waals surface area contributed by atoms with Gasteiger partial charge >= 0.3 is 0 Å². The number of aromatic nitrogens is 5. The van der Waals surface area contributed by atoms with Crippen molar-refractivity contribution in [3.63, 3.8) is 0 Å². The van der Waals surface area contributed by atoms with E-state index in [0.29, 0.717) is 11.5 Å². The first-order valence-corrected chi connectivity index (χ1v) is 6.99. The van der Waals surface area contributed by atoms with Gasteiger partial charge in [-0.2, -0.15) is 10.1 Å². The van der Waals surface area contributed by atoms with Crippen molar-refractivity contribution in [2.75, 3.05) is 5.73 Å². The first kappa shape index (κ1) is 15.0. The highest BCUT2D eigenvalue weighted by atomic mass is 35.5. The number of nitrogens with two attached hydrogens (primary N) is 1. The van der Waals surface area contributed by atoms with Gasteiger partial charge in [-0.1, -0.05) is 22.8 Å². The van der Waals surface area contributed by atoms with Crippen LogP contribution >= 0.6 is 11.6 Å². The minimum atomic E-state index is -0.534. The normalized spacial score (nSPS) is 12.1. The second kappa shape index (κ2) is 6.05. The van der Waals surface area contributed by atoms with E-state index in [9.17, 15) is 4.79 Å². The predicted octanol–water partition coefficient (Wildman–Crippen LogP) is 1.58. The highest BCUT2D eigenvalue weighted by Gasteiger charge is 2.22. The Bertz CT molecular complexity index is 830. The van der Waals surface area contributed by atoms with E-state index in [0.717, 1.165) is 0 Å². The van der Waals surface area contributed by atoms with E-state index in [2.05, 4.69) is 30.6 Å². The quantitative estimate of drug-likeness (QED) is 0.659. The van der Waals surface area contributed by atoms with Crippen molar-refractivity contribution in [3.05, 3.63) is 41.0 Å². The fourth-order valence-electron chi connectivity index (χ4n) is 1.83. The number of H-pyrrole nitrogens is 1. The Kier molecular flexibility index (Phi) is 3.94. The molecule has 3 aromatic heterocycles. The second-order valence-corrected chi connectivity index (χ2v) is 5.04. The Labute approximate surface area is 135 Å². The van der Waals surface area contributed by atoms with Crippen LogP contribution in [0.25, 0.3) is 11.5 Å². The average molecular weight is 334 g/mol. The maximum atomic E-state index is 12.1. The summed E-state index contributed by atoms with van der Waals surface area (Å²) in [5.41, 5.74) is 6.13. The summed E-state index contributed by atoms with van der Waals surface area (Å²) in [4.78, 5) is 20.5. The summed E-state index contributed by atoms with van der Waals surface area (Å²) in [6, 6.07) is 4.82. The molecule has 0 aliphatic rings. The molecule has 1 atom stereocenters. The molecule has 10 heteroatoms. The molecule has 0 saturated carbocycles. The van der Waals surface area contributed by atoms with Crippen molar-refractivity contribution in [1.29, 1.82) is 0 Å². The summed E-state index contributed by atoms with van der Waals surface area (Å²) < 4.78 is 5.15. The third kappa shape index (κ3) is 2.99. The molecule has 3 heterocycles. The first-order chi connectivity index (χ1) is 11.1. The smallest absolute Gasteiger partial charge is 0.271 e. The van der Waals surface area contributed by atoms with Gasteiger partial charge in [-0.3, -0.25) is 14.9 Å². The van der Waals surface area contributed by atoms with Crippen LogP contribution in [0.2, 0.25) is 5.02 Å². The number of halogens is 1. The lowest BCUT2D eigenvalue weighted by molar-refractivity contribution is 0.0927. The zero-order valence-corrected chi connectivity index (χ0v) is 12.7. The molecule has 0 radical (unpaired) electrons. The Balaban J connectivity index is 1.74. The number of nitrogens with one attached hydrogen (secondary N) is 2. The van der Waals surface area contributed by atoms with Crippen LogP contribution < -0.4 is 11.1 Å². The minimum Gasteiger partial charge on any atom is -0.381 e. The zero-order valence-electron chi connectivity index (χ0n) is 11.9. The third-order valence-electron chi connectivity index (χ3n) is 3.01. The molecule has 0 fully saturated rings. The number of nitrogens with zero attached hydrogens (tertiary/aromatic N) is 4. The van der Waals surface area contributed by atoms with Crippen LogP contribution in [0, 0.1) is 0 Å². The Morgan fingerprint density at radius 2 is 2.30 bits per heavy atom. The highest BCUT2D eigenvalue weighted by molar-refractivity contribution is 6.35. The van der Waals surface area contributed by atoms with Gasteiger partial charge in [-0.25, -0.2) is 0 Å². The Morgan fingerprint density at radius 3 is 2.96 bits per heavy atom. The van der Waals surface area contributed by atoms with E-state index in [1.807, 2.05) is 6.07 Å². The average Bonchev–Trinajstić information content (AvgIpc) is 3.16. The van der Waals surface area contributed by atoms with Gasteiger partial charge in [0.25, 0.3) is 5.91 Å². The van der Waals surface area contributed by atoms with Crippen LogP contribution in [0.3, 0.4) is 0 Å². The van der Waals surface area contributed by atoms with Crippen LogP contribution in [0.4, 0.5) is 5.82 Å². The van der Waals surface area contributed by atoms with E-state index in [1.165, 1.54) is 0 Å². The molecule has 4 N–H and O–H groups in total. The van der Waals surface area contributed by atoms with Gasteiger partial charge in [0.1, 0.15) is 22.5 Å². The number of anilines is 1. The van der Waals surface area contributed by atoms with Crippen LogP contribution in [0.15, 0.2) is 28.9 Å². The summed E-state index contributed by atoms with van der Waals surface area (Å²) in [5, 5.41) is 12.7. The number of aromatic amines is 1. The SMILES string of the molecule is C[C@@H](NC(=O)c1[nH]nc(N)c1Cl)c1nc(-c2ccccn2)no1. The molecule has 9 nitrogen and oxygen atoms in total. The maximum absolute atomic E-state index is 12.1. The monoisotopic (exact) mass is 333 g/mol. The lowest BCUT2D eigenvalue weighted by atomic mass is 10.3. The van der Waals surface area contributed by atoms with E-state index < -0.39 is 11.9 Å². The standard InChI is InChI=1S/C13H12ClN7O2/c1-6(17-12(22)9-8(14)10(15)20-19-9)13-18-11(21-23-13)7-4-2-3-5-16-7/h2-6H,1H3,(H,17,22)(H3,15,19,20)/t6-/m1/s1. The van der Waals surface area contributed by atoms with Crippen LogP contribution in [-0.4, -0.2) is 31.2 Å². The van der Waals surface area contributed by atoms with Crippen LogP contribution in [-0.2, 0) is 0 Å². The molecule has 0 saturated heterocycles. The third-order valence-corrected chi connectivity index (χ3v) is 3.40. The molecule has 118 valence electrons. The predicted molar refractivity (Wildman–Crippen MR) is 81.4 cm³/mol. The van der Waals surface area contributed by atoms with Crippen molar-refractivity contribution >= 4 is 23.3 Å². The summed E-state index contributed by atoms with van der Waals surface area (Å²) in [7, 11) is 0. The molecule has 0 spiro atoms.